The van der Waals surface area contributed by atoms with E-state index in [1.54, 1.807) is 42.5 Å². The summed E-state index contributed by atoms with van der Waals surface area (Å²) in [5.41, 5.74) is 3.84. The second-order valence-corrected chi connectivity index (χ2v) is 11.7. The molecule has 0 saturated carbocycles. The summed E-state index contributed by atoms with van der Waals surface area (Å²) in [6.07, 6.45) is -4.17. The van der Waals surface area contributed by atoms with E-state index in [1.165, 1.54) is 24.3 Å². The van der Waals surface area contributed by atoms with Gasteiger partial charge in [0.25, 0.3) is 5.91 Å². The molecule has 9 nitrogen and oxygen atoms in total. The zero-order valence-electron chi connectivity index (χ0n) is 22.4. The van der Waals surface area contributed by atoms with Crippen LogP contribution in [0, 0.1) is 0 Å². The average Bonchev–Trinajstić information content (AvgIpc) is 3.43. The van der Waals surface area contributed by atoms with Crippen LogP contribution in [0.25, 0.3) is 0 Å². The van der Waals surface area contributed by atoms with E-state index in [9.17, 15) is 26.4 Å². The van der Waals surface area contributed by atoms with Gasteiger partial charge < -0.3 is 14.6 Å². The SMILES string of the molecule is O=C(NNCc1ccc(C(F)(F)F)cc1)[C@]1(CCS(=O)(=O)c2ccccc2)COC(c2ccc(OCCCO)cc2)=N1. The molecular weight excluding hydrogens is 575 g/mol. The Morgan fingerprint density at radius 2 is 1.71 bits per heavy atom. The third-order valence-corrected chi connectivity index (χ3v) is 8.25. The summed E-state index contributed by atoms with van der Waals surface area (Å²) in [6, 6.07) is 19.0. The molecule has 0 bridgehead atoms. The highest BCUT2D eigenvalue weighted by Gasteiger charge is 2.45. The van der Waals surface area contributed by atoms with E-state index in [4.69, 9.17) is 14.6 Å². The van der Waals surface area contributed by atoms with E-state index in [0.717, 1.165) is 12.1 Å². The monoisotopic (exact) mass is 605 g/mol. The van der Waals surface area contributed by atoms with E-state index >= 15 is 0 Å². The van der Waals surface area contributed by atoms with Crippen LogP contribution in [-0.4, -0.2) is 56.4 Å². The van der Waals surface area contributed by atoms with Crippen LogP contribution in [0.5, 0.6) is 5.75 Å². The van der Waals surface area contributed by atoms with Crippen molar-refractivity contribution in [3.05, 3.63) is 95.6 Å². The minimum absolute atomic E-state index is 0.00602. The topological polar surface area (TPSA) is 126 Å². The zero-order valence-corrected chi connectivity index (χ0v) is 23.2. The maximum absolute atomic E-state index is 13.4. The molecule has 0 spiro atoms. The van der Waals surface area contributed by atoms with Gasteiger partial charge in [0.1, 0.15) is 12.4 Å². The Morgan fingerprint density at radius 3 is 2.36 bits per heavy atom. The van der Waals surface area contributed by atoms with Crippen molar-refractivity contribution in [1.82, 2.24) is 10.9 Å². The molecule has 3 N–H and O–H groups in total. The maximum atomic E-state index is 13.4. The Labute approximate surface area is 241 Å². The Bertz CT molecular complexity index is 1480. The lowest BCUT2D eigenvalue weighted by molar-refractivity contribution is -0.137. The highest BCUT2D eigenvalue weighted by molar-refractivity contribution is 7.91. The summed E-state index contributed by atoms with van der Waals surface area (Å²) < 4.78 is 75.8. The molecule has 3 aromatic carbocycles. The number of hydrazine groups is 1. The number of carbonyl (C=O) groups excluding carboxylic acids is 1. The van der Waals surface area contributed by atoms with Gasteiger partial charge in [0.15, 0.2) is 15.4 Å². The van der Waals surface area contributed by atoms with Gasteiger partial charge >= 0.3 is 6.18 Å². The fourth-order valence-electron chi connectivity index (χ4n) is 4.10. The molecule has 1 aliphatic heterocycles. The number of hydrogen-bond acceptors (Lipinski definition) is 8. The van der Waals surface area contributed by atoms with Gasteiger partial charge in [-0.15, -0.1) is 0 Å². The molecule has 0 aromatic heterocycles. The van der Waals surface area contributed by atoms with Gasteiger partial charge in [-0.05, 0) is 60.5 Å². The molecule has 1 heterocycles. The number of aliphatic hydroxyl groups is 1. The highest BCUT2D eigenvalue weighted by atomic mass is 32.2. The molecule has 4 rings (SSSR count). The van der Waals surface area contributed by atoms with Gasteiger partial charge in [-0.3, -0.25) is 10.2 Å². The first-order valence-electron chi connectivity index (χ1n) is 13.1. The molecule has 42 heavy (non-hydrogen) atoms. The lowest BCUT2D eigenvalue weighted by Crippen LogP contribution is -2.52. The number of ether oxygens (including phenoxy) is 2. The molecule has 0 unspecified atom stereocenters. The second kappa shape index (κ2) is 13.4. The molecule has 0 fully saturated rings. The first kappa shape index (κ1) is 31.0. The average molecular weight is 606 g/mol. The molecule has 0 radical (unpaired) electrons. The van der Waals surface area contributed by atoms with Crippen molar-refractivity contribution in [2.75, 3.05) is 25.6 Å². The summed E-state index contributed by atoms with van der Waals surface area (Å²) in [7, 11) is -3.75. The van der Waals surface area contributed by atoms with E-state index < -0.39 is 33.0 Å². The van der Waals surface area contributed by atoms with Crippen LogP contribution >= 0.6 is 0 Å². The van der Waals surface area contributed by atoms with Crippen LogP contribution in [0.1, 0.15) is 29.5 Å². The molecule has 224 valence electrons. The Balaban J connectivity index is 1.50. The predicted octanol–water partition coefficient (Wildman–Crippen LogP) is 3.67. The Kier molecular flexibility index (Phi) is 9.86. The smallest absolute Gasteiger partial charge is 0.416 e. The van der Waals surface area contributed by atoms with Crippen LogP contribution in [0.15, 0.2) is 88.8 Å². The standard InChI is InChI=1S/C29H30F3N3O6S/c30-29(31,32)23-11-7-21(8-12-23)19-33-35-27(37)28(15-18-42(38,39)25-5-2-1-3-6-25)20-41-26(34-28)22-9-13-24(14-10-22)40-17-4-16-36/h1-3,5-14,33,36H,4,15-20H2,(H,35,37)/t28-/m0/s1. The van der Waals surface area contributed by atoms with E-state index in [1.807, 2.05) is 0 Å². The van der Waals surface area contributed by atoms with Crippen molar-refractivity contribution in [3.8, 4) is 5.75 Å². The summed E-state index contributed by atoms with van der Waals surface area (Å²) in [4.78, 5) is 18.1. The molecule has 1 atom stereocenters. The molecule has 1 amide bonds. The van der Waals surface area contributed by atoms with Gasteiger partial charge in [-0.25, -0.2) is 18.8 Å². The third-order valence-electron chi connectivity index (χ3n) is 6.52. The van der Waals surface area contributed by atoms with E-state index in [0.29, 0.717) is 29.9 Å². The third kappa shape index (κ3) is 7.87. The van der Waals surface area contributed by atoms with Crippen LogP contribution in [-0.2, 0) is 32.1 Å². The largest absolute Gasteiger partial charge is 0.494 e. The zero-order chi connectivity index (χ0) is 30.2. The number of halogens is 3. The van der Waals surface area contributed by atoms with Crippen molar-refractivity contribution in [2.45, 2.75) is 36.0 Å². The van der Waals surface area contributed by atoms with Crippen LogP contribution < -0.4 is 15.6 Å². The summed E-state index contributed by atoms with van der Waals surface area (Å²) in [6.45, 7) is 0.130. The normalized spacial score (nSPS) is 16.9. The van der Waals surface area contributed by atoms with Crippen molar-refractivity contribution < 1.29 is 41.0 Å². The summed E-state index contributed by atoms with van der Waals surface area (Å²) in [5.74, 6) is -0.332. The number of amides is 1. The minimum atomic E-state index is -4.46. The fraction of sp³-hybridized carbons (Fsp3) is 0.310. The lowest BCUT2D eigenvalue weighted by atomic mass is 9.98. The second-order valence-electron chi connectivity index (χ2n) is 9.57. The van der Waals surface area contributed by atoms with Gasteiger partial charge in [0, 0.05) is 25.1 Å². The van der Waals surface area contributed by atoms with Crippen molar-refractivity contribution >= 4 is 21.6 Å². The molecule has 1 aliphatic rings. The number of aliphatic imine (C=N–C) groups is 1. The number of hydrogen-bond donors (Lipinski definition) is 3. The minimum Gasteiger partial charge on any atom is -0.494 e. The maximum Gasteiger partial charge on any atom is 0.416 e. The van der Waals surface area contributed by atoms with Crippen molar-refractivity contribution in [1.29, 1.82) is 0 Å². The molecule has 3 aromatic rings. The summed E-state index contributed by atoms with van der Waals surface area (Å²) >= 11 is 0. The number of nitrogens with zero attached hydrogens (tertiary/aromatic N) is 1. The Morgan fingerprint density at radius 1 is 1.02 bits per heavy atom. The molecule has 13 heteroatoms. The number of rotatable bonds is 13. The van der Waals surface area contributed by atoms with Gasteiger partial charge in [-0.1, -0.05) is 30.3 Å². The number of benzene rings is 3. The van der Waals surface area contributed by atoms with Crippen LogP contribution in [0.4, 0.5) is 13.2 Å². The quantitative estimate of drug-likeness (QED) is 0.201. The van der Waals surface area contributed by atoms with Gasteiger partial charge in [-0.2, -0.15) is 13.2 Å². The highest BCUT2D eigenvalue weighted by Crippen LogP contribution is 2.30. The van der Waals surface area contributed by atoms with E-state index in [-0.39, 0.29) is 42.7 Å². The fourth-order valence-corrected chi connectivity index (χ4v) is 5.52. The van der Waals surface area contributed by atoms with Crippen molar-refractivity contribution in [2.24, 2.45) is 4.99 Å². The molecule has 0 aliphatic carbocycles. The number of carbonyl (C=O) groups is 1. The molecule has 0 saturated heterocycles. The van der Waals surface area contributed by atoms with Gasteiger partial charge in [0.05, 0.1) is 22.8 Å². The number of sulfone groups is 1. The van der Waals surface area contributed by atoms with Crippen molar-refractivity contribution in [3.63, 3.8) is 0 Å². The predicted molar refractivity (Wildman–Crippen MR) is 148 cm³/mol. The Hall–Kier alpha value is -3.94. The van der Waals surface area contributed by atoms with Crippen LogP contribution in [0.2, 0.25) is 0 Å². The first-order valence-corrected chi connectivity index (χ1v) is 14.7. The lowest BCUT2D eigenvalue weighted by Gasteiger charge is -2.23. The van der Waals surface area contributed by atoms with Gasteiger partial charge in [0.2, 0.25) is 5.90 Å². The van der Waals surface area contributed by atoms with E-state index in [2.05, 4.69) is 15.8 Å². The number of aliphatic hydroxyl groups excluding tert-OH is 1. The van der Waals surface area contributed by atoms with Crippen LogP contribution in [0.3, 0.4) is 0 Å². The first-order chi connectivity index (χ1) is 20.0. The number of nitrogens with one attached hydrogen (secondary N) is 2. The number of alkyl halides is 3. The summed E-state index contributed by atoms with van der Waals surface area (Å²) in [5, 5.41) is 8.91. The molecular formula is C29H30F3N3O6S.